The predicted octanol–water partition coefficient (Wildman–Crippen LogP) is 1.95. The minimum atomic E-state index is -0.994. The number of halogens is 1. The Labute approximate surface area is 127 Å². The summed E-state index contributed by atoms with van der Waals surface area (Å²) in [5.41, 5.74) is 5.71. The summed E-state index contributed by atoms with van der Waals surface area (Å²) in [4.78, 5) is 13.9. The molecule has 1 rings (SSSR count). The molecule has 0 fully saturated rings. The molecule has 0 aliphatic carbocycles. The highest BCUT2D eigenvalue weighted by molar-refractivity contribution is 6.07. The van der Waals surface area contributed by atoms with E-state index in [1.807, 2.05) is 6.07 Å². The predicted molar refractivity (Wildman–Crippen MR) is 81.4 cm³/mol. The van der Waals surface area contributed by atoms with Crippen LogP contribution in [0.4, 0.5) is 10.1 Å². The minimum Gasteiger partial charge on any atom is -0.386 e. The largest absolute Gasteiger partial charge is 0.386 e. The van der Waals surface area contributed by atoms with Gasteiger partial charge >= 0.3 is 5.69 Å². The van der Waals surface area contributed by atoms with Crippen LogP contribution in [0.5, 0.6) is 0 Å². The maximum Gasteiger partial charge on any atom is 0.304 e. The van der Waals surface area contributed by atoms with Crippen LogP contribution in [0, 0.1) is 27.3 Å². The Kier molecular flexibility index (Phi) is 5.57. The normalized spacial score (nSPS) is 12.6. The van der Waals surface area contributed by atoms with Gasteiger partial charge in [-0.05, 0) is 26.0 Å². The Morgan fingerprint density at radius 3 is 2.59 bits per heavy atom. The van der Waals surface area contributed by atoms with Crippen LogP contribution >= 0.6 is 0 Å². The Morgan fingerprint density at radius 1 is 1.55 bits per heavy atom. The van der Waals surface area contributed by atoms with Gasteiger partial charge < -0.3 is 11.1 Å². The van der Waals surface area contributed by atoms with Gasteiger partial charge in [-0.3, -0.25) is 15.1 Å². The summed E-state index contributed by atoms with van der Waals surface area (Å²) in [5, 5.41) is 22.7. The van der Waals surface area contributed by atoms with E-state index in [1.54, 1.807) is 13.8 Å². The molecule has 0 amide bonds. The van der Waals surface area contributed by atoms with E-state index in [4.69, 9.17) is 5.73 Å². The van der Waals surface area contributed by atoms with Crippen LogP contribution < -0.4 is 11.1 Å². The van der Waals surface area contributed by atoms with Crippen LogP contribution in [0.2, 0.25) is 0 Å². The molecule has 0 bridgehead atoms. The molecule has 0 radical (unpaired) electrons. The lowest BCUT2D eigenvalue weighted by molar-refractivity contribution is -0.387. The molecule has 0 atom stereocenters. The third kappa shape index (κ3) is 3.79. The second-order valence-corrected chi connectivity index (χ2v) is 4.64. The van der Waals surface area contributed by atoms with Gasteiger partial charge in [0, 0.05) is 24.7 Å². The summed E-state index contributed by atoms with van der Waals surface area (Å²) in [6.45, 7) is 3.60. The highest BCUT2D eigenvalue weighted by atomic mass is 19.1. The van der Waals surface area contributed by atoms with Gasteiger partial charge in [-0.25, -0.2) is 0 Å². The number of benzene rings is 1. The molecule has 0 aromatic heterocycles. The minimum absolute atomic E-state index is 0.0145. The lowest BCUT2D eigenvalue weighted by Gasteiger charge is -2.11. The van der Waals surface area contributed by atoms with Crippen LogP contribution in [0.25, 0.3) is 5.70 Å². The van der Waals surface area contributed by atoms with E-state index >= 15 is 0 Å². The molecule has 7 nitrogen and oxygen atoms in total. The van der Waals surface area contributed by atoms with E-state index in [0.29, 0.717) is 0 Å². The number of rotatable bonds is 5. The number of aliphatic imine (C=N–C) groups is 1. The van der Waals surface area contributed by atoms with E-state index in [0.717, 1.165) is 12.1 Å². The van der Waals surface area contributed by atoms with Gasteiger partial charge in [0.25, 0.3) is 0 Å². The third-order valence-electron chi connectivity index (χ3n) is 2.70. The standard InChI is InChI=1S/C14H16FN5O2/c1-8(2)19-14(17)10(7-16)13(18-3)9-4-5-12(20(21)22)11(15)6-9/h4-6,8,18H,1-3H3,(H2,17,19)/b13-10-. The zero-order valence-electron chi connectivity index (χ0n) is 12.4. The first-order valence-corrected chi connectivity index (χ1v) is 6.41. The lowest BCUT2D eigenvalue weighted by atomic mass is 10.1. The molecular weight excluding hydrogens is 289 g/mol. The summed E-state index contributed by atoms with van der Waals surface area (Å²) in [5.74, 6) is -0.979. The van der Waals surface area contributed by atoms with E-state index in [9.17, 15) is 19.8 Å². The zero-order valence-corrected chi connectivity index (χ0v) is 12.4. The van der Waals surface area contributed by atoms with Crippen LogP contribution in [0.15, 0.2) is 28.8 Å². The SMILES string of the molecule is CN/C(=C(/C#N)C(N)=NC(C)C)c1ccc([N+](=O)[O-])c(F)c1. The maximum absolute atomic E-state index is 13.7. The monoisotopic (exact) mass is 305 g/mol. The average molecular weight is 305 g/mol. The van der Waals surface area contributed by atoms with E-state index in [-0.39, 0.29) is 28.7 Å². The van der Waals surface area contributed by atoms with Gasteiger partial charge in [0.2, 0.25) is 5.82 Å². The fourth-order valence-electron chi connectivity index (χ4n) is 1.81. The van der Waals surface area contributed by atoms with Crippen molar-refractivity contribution in [3.8, 4) is 6.07 Å². The highest BCUT2D eigenvalue weighted by Crippen LogP contribution is 2.23. The molecule has 0 aliphatic heterocycles. The van der Waals surface area contributed by atoms with E-state index in [1.165, 1.54) is 13.1 Å². The molecule has 0 heterocycles. The van der Waals surface area contributed by atoms with Crippen molar-refractivity contribution in [3.63, 3.8) is 0 Å². The Bertz CT molecular complexity index is 689. The van der Waals surface area contributed by atoms with Crippen LogP contribution in [0.3, 0.4) is 0 Å². The molecule has 0 aliphatic rings. The summed E-state index contributed by atoms with van der Waals surface area (Å²) < 4.78 is 13.7. The number of amidine groups is 1. The zero-order chi connectivity index (χ0) is 16.9. The number of hydrogen-bond acceptors (Lipinski definition) is 5. The number of nitro groups is 1. The van der Waals surface area contributed by atoms with Gasteiger partial charge in [0.15, 0.2) is 0 Å². The molecule has 116 valence electrons. The van der Waals surface area contributed by atoms with Crippen molar-refractivity contribution in [1.82, 2.24) is 5.32 Å². The van der Waals surface area contributed by atoms with Gasteiger partial charge in [-0.1, -0.05) is 0 Å². The first kappa shape index (κ1) is 17.1. The van der Waals surface area contributed by atoms with Crippen molar-refractivity contribution in [2.45, 2.75) is 19.9 Å². The first-order chi connectivity index (χ1) is 10.3. The Balaban J connectivity index is 3.47. The molecule has 1 aromatic carbocycles. The average Bonchev–Trinajstić information content (AvgIpc) is 2.42. The second kappa shape index (κ2) is 7.17. The number of hydrogen-bond donors (Lipinski definition) is 2. The van der Waals surface area contributed by atoms with Gasteiger partial charge in [-0.2, -0.15) is 9.65 Å². The molecular formula is C14H16FN5O2. The number of nitro benzene ring substituents is 1. The van der Waals surface area contributed by atoms with Crippen LogP contribution in [0.1, 0.15) is 19.4 Å². The van der Waals surface area contributed by atoms with Gasteiger partial charge in [-0.15, -0.1) is 0 Å². The van der Waals surface area contributed by atoms with Crippen molar-refractivity contribution < 1.29 is 9.31 Å². The van der Waals surface area contributed by atoms with Crippen molar-refractivity contribution in [3.05, 3.63) is 45.3 Å². The van der Waals surface area contributed by atoms with Gasteiger partial charge in [0.1, 0.15) is 17.5 Å². The highest BCUT2D eigenvalue weighted by Gasteiger charge is 2.18. The summed E-state index contributed by atoms with van der Waals surface area (Å²) >= 11 is 0. The number of nitrogens with two attached hydrogens (primary N) is 1. The number of nitriles is 1. The first-order valence-electron chi connectivity index (χ1n) is 6.41. The Morgan fingerprint density at radius 2 is 2.18 bits per heavy atom. The van der Waals surface area contributed by atoms with Crippen molar-refractivity contribution >= 4 is 17.2 Å². The lowest BCUT2D eigenvalue weighted by Crippen LogP contribution is -2.21. The number of nitrogens with one attached hydrogen (secondary N) is 1. The molecule has 0 unspecified atom stereocenters. The summed E-state index contributed by atoms with van der Waals surface area (Å²) in [6, 6.07) is 5.15. The quantitative estimate of drug-likeness (QED) is 0.283. The molecule has 3 N–H and O–H groups in total. The van der Waals surface area contributed by atoms with Crippen LogP contribution in [-0.2, 0) is 0 Å². The third-order valence-corrected chi connectivity index (χ3v) is 2.70. The molecule has 8 heteroatoms. The second-order valence-electron chi connectivity index (χ2n) is 4.64. The number of nitrogens with zero attached hydrogens (tertiary/aromatic N) is 3. The fraction of sp³-hybridized carbons (Fsp3) is 0.286. The summed E-state index contributed by atoms with van der Waals surface area (Å²) in [6.07, 6.45) is 0. The van der Waals surface area contributed by atoms with Crippen LogP contribution in [-0.4, -0.2) is 23.8 Å². The Hall–Kier alpha value is -2.95. The molecule has 1 aromatic rings. The van der Waals surface area contributed by atoms with Crippen molar-refractivity contribution in [1.29, 1.82) is 5.26 Å². The molecule has 0 saturated carbocycles. The van der Waals surface area contributed by atoms with Crippen molar-refractivity contribution in [2.75, 3.05) is 7.05 Å². The van der Waals surface area contributed by atoms with Gasteiger partial charge in [0.05, 0.1) is 10.6 Å². The topological polar surface area (TPSA) is 117 Å². The molecule has 0 saturated heterocycles. The molecule has 0 spiro atoms. The summed E-state index contributed by atoms with van der Waals surface area (Å²) in [7, 11) is 1.54. The van der Waals surface area contributed by atoms with E-state index < -0.39 is 16.4 Å². The molecule has 22 heavy (non-hydrogen) atoms. The smallest absolute Gasteiger partial charge is 0.304 e. The van der Waals surface area contributed by atoms with E-state index in [2.05, 4.69) is 10.3 Å². The maximum atomic E-state index is 13.7. The van der Waals surface area contributed by atoms with Crippen molar-refractivity contribution in [2.24, 2.45) is 10.7 Å². The fourth-order valence-corrected chi connectivity index (χ4v) is 1.81.